The van der Waals surface area contributed by atoms with Gasteiger partial charge in [-0.2, -0.15) is 5.26 Å². The number of carbonyl (C=O) groups is 2. The summed E-state index contributed by atoms with van der Waals surface area (Å²) in [7, 11) is 0. The van der Waals surface area contributed by atoms with Crippen LogP contribution in [-0.4, -0.2) is 30.0 Å². The Balaban J connectivity index is 1.67. The van der Waals surface area contributed by atoms with Crippen LogP contribution < -0.4 is 4.90 Å². The molecule has 0 aliphatic rings. The number of hydrogen-bond acceptors (Lipinski definition) is 5. The van der Waals surface area contributed by atoms with Gasteiger partial charge >= 0.3 is 5.97 Å². The third-order valence-corrected chi connectivity index (χ3v) is 5.03. The van der Waals surface area contributed by atoms with Crippen LogP contribution in [0.1, 0.15) is 17.5 Å². The number of fused-ring (bicyclic) bond motifs is 1. The molecule has 6 nitrogen and oxygen atoms in total. The normalized spacial score (nSPS) is 10.4. The summed E-state index contributed by atoms with van der Waals surface area (Å²) in [4.78, 5) is 30.8. The molecular formula is C23H20ClN3O3. The maximum atomic E-state index is 12.7. The number of anilines is 1. The van der Waals surface area contributed by atoms with Crippen molar-refractivity contribution in [1.29, 1.82) is 5.26 Å². The van der Waals surface area contributed by atoms with Crippen LogP contribution in [0, 0.1) is 18.3 Å². The van der Waals surface area contributed by atoms with E-state index >= 15 is 0 Å². The average Bonchev–Trinajstić information content (AvgIpc) is 2.75. The number of aromatic nitrogens is 1. The molecule has 0 bridgehead atoms. The molecule has 1 amide bonds. The van der Waals surface area contributed by atoms with Gasteiger partial charge in [0.1, 0.15) is 0 Å². The standard InChI is InChI=1S/C23H20ClN3O3/c1-16-13-19(8-9-20(16)24)27(12-4-10-25)21(28)15-30-22(29)14-18-6-2-5-17-7-3-11-26-23(17)18/h2-3,5-9,11,13H,4,12,14-15H2,1H3. The molecule has 3 rings (SSSR count). The van der Waals surface area contributed by atoms with E-state index in [4.69, 9.17) is 21.6 Å². The Kier molecular flexibility index (Phi) is 6.99. The second-order valence-corrected chi connectivity index (χ2v) is 7.12. The number of rotatable bonds is 7. The summed E-state index contributed by atoms with van der Waals surface area (Å²) < 4.78 is 5.23. The highest BCUT2D eigenvalue weighted by Crippen LogP contribution is 2.23. The Bertz CT molecular complexity index is 1120. The van der Waals surface area contributed by atoms with Crippen LogP contribution in [0.15, 0.2) is 54.7 Å². The van der Waals surface area contributed by atoms with Gasteiger partial charge in [-0.3, -0.25) is 14.6 Å². The highest BCUT2D eigenvalue weighted by Gasteiger charge is 2.19. The number of aryl methyl sites for hydroxylation is 1. The lowest BCUT2D eigenvalue weighted by molar-refractivity contribution is -0.147. The van der Waals surface area contributed by atoms with E-state index in [0.717, 1.165) is 22.0 Å². The van der Waals surface area contributed by atoms with E-state index in [1.54, 1.807) is 24.4 Å². The number of carbonyl (C=O) groups excluding carboxylic acids is 2. The number of esters is 1. The number of hydrogen-bond donors (Lipinski definition) is 0. The highest BCUT2D eigenvalue weighted by molar-refractivity contribution is 6.31. The summed E-state index contributed by atoms with van der Waals surface area (Å²) in [5, 5.41) is 10.4. The van der Waals surface area contributed by atoms with Crippen molar-refractivity contribution in [2.24, 2.45) is 0 Å². The first kappa shape index (κ1) is 21.3. The Morgan fingerprint density at radius 3 is 2.77 bits per heavy atom. The molecule has 2 aromatic carbocycles. The van der Waals surface area contributed by atoms with Crippen LogP contribution in [0.2, 0.25) is 5.02 Å². The molecule has 0 aliphatic carbocycles. The minimum atomic E-state index is -0.519. The molecule has 1 aromatic heterocycles. The Morgan fingerprint density at radius 2 is 2.00 bits per heavy atom. The number of ether oxygens (including phenoxy) is 1. The second-order valence-electron chi connectivity index (χ2n) is 6.72. The Morgan fingerprint density at radius 1 is 1.20 bits per heavy atom. The SMILES string of the molecule is Cc1cc(N(CCC#N)C(=O)COC(=O)Cc2cccc3cccnc23)ccc1Cl. The molecule has 1 heterocycles. The van der Waals surface area contributed by atoms with Crippen LogP contribution >= 0.6 is 11.6 Å². The van der Waals surface area contributed by atoms with Crippen molar-refractivity contribution in [3.05, 3.63) is 70.9 Å². The summed E-state index contributed by atoms with van der Waals surface area (Å²) >= 11 is 6.06. The molecule has 0 aliphatic heterocycles. The molecule has 0 saturated heterocycles. The van der Waals surface area contributed by atoms with Gasteiger partial charge in [0, 0.05) is 28.8 Å². The zero-order valence-corrected chi connectivity index (χ0v) is 17.2. The van der Waals surface area contributed by atoms with E-state index in [2.05, 4.69) is 4.98 Å². The highest BCUT2D eigenvalue weighted by atomic mass is 35.5. The van der Waals surface area contributed by atoms with Crippen LogP contribution in [0.5, 0.6) is 0 Å². The number of halogens is 1. The summed E-state index contributed by atoms with van der Waals surface area (Å²) in [6.07, 6.45) is 1.84. The zero-order valence-electron chi connectivity index (χ0n) is 16.5. The van der Waals surface area contributed by atoms with Gasteiger partial charge in [0.2, 0.25) is 0 Å². The lowest BCUT2D eigenvalue weighted by atomic mass is 10.1. The van der Waals surface area contributed by atoms with Crippen molar-refractivity contribution in [1.82, 2.24) is 4.98 Å². The number of benzene rings is 2. The Hall–Kier alpha value is -3.43. The molecule has 0 unspecified atom stereocenters. The summed E-state index contributed by atoms with van der Waals surface area (Å²) in [6.45, 7) is 1.61. The van der Waals surface area contributed by atoms with E-state index in [1.807, 2.05) is 43.3 Å². The van der Waals surface area contributed by atoms with Crippen LogP contribution in [0.3, 0.4) is 0 Å². The molecule has 3 aromatic rings. The molecule has 152 valence electrons. The van der Waals surface area contributed by atoms with Gasteiger partial charge in [0.25, 0.3) is 5.91 Å². The number of amides is 1. The molecule has 0 saturated carbocycles. The van der Waals surface area contributed by atoms with Gasteiger partial charge in [0.15, 0.2) is 6.61 Å². The fourth-order valence-corrected chi connectivity index (χ4v) is 3.21. The Labute approximate surface area is 179 Å². The zero-order chi connectivity index (χ0) is 21.5. The predicted octanol–water partition coefficient (Wildman–Crippen LogP) is 4.23. The molecule has 30 heavy (non-hydrogen) atoms. The molecule has 0 N–H and O–H groups in total. The maximum Gasteiger partial charge on any atom is 0.310 e. The van der Waals surface area contributed by atoms with Crippen LogP contribution in [-0.2, 0) is 20.7 Å². The third kappa shape index (κ3) is 5.13. The third-order valence-electron chi connectivity index (χ3n) is 4.61. The topological polar surface area (TPSA) is 83.3 Å². The minimum absolute atomic E-state index is 0.0138. The molecule has 0 spiro atoms. The number of para-hydroxylation sites is 1. The van der Waals surface area contributed by atoms with E-state index in [9.17, 15) is 9.59 Å². The van der Waals surface area contributed by atoms with E-state index < -0.39 is 18.5 Å². The quantitative estimate of drug-likeness (QED) is 0.533. The first-order chi connectivity index (χ1) is 14.5. The molecule has 0 atom stereocenters. The van der Waals surface area contributed by atoms with E-state index in [0.29, 0.717) is 10.7 Å². The molecule has 7 heteroatoms. The minimum Gasteiger partial charge on any atom is -0.455 e. The lowest BCUT2D eigenvalue weighted by Crippen LogP contribution is -2.35. The van der Waals surface area contributed by atoms with Crippen LogP contribution in [0.25, 0.3) is 10.9 Å². The fraction of sp³-hybridized carbons (Fsp3) is 0.217. The molecule has 0 fully saturated rings. The fourth-order valence-electron chi connectivity index (χ4n) is 3.09. The number of nitrogens with zero attached hydrogens (tertiary/aromatic N) is 3. The maximum absolute atomic E-state index is 12.7. The summed E-state index contributed by atoms with van der Waals surface area (Å²) in [5.41, 5.74) is 2.88. The average molecular weight is 422 g/mol. The van der Waals surface area contributed by atoms with E-state index in [1.165, 1.54) is 4.90 Å². The largest absolute Gasteiger partial charge is 0.455 e. The van der Waals surface area contributed by atoms with Gasteiger partial charge in [-0.15, -0.1) is 0 Å². The number of nitriles is 1. The van der Waals surface area contributed by atoms with Crippen molar-refractivity contribution in [2.45, 2.75) is 19.8 Å². The second kappa shape index (κ2) is 9.86. The lowest BCUT2D eigenvalue weighted by Gasteiger charge is -2.22. The van der Waals surface area contributed by atoms with Crippen molar-refractivity contribution in [2.75, 3.05) is 18.1 Å². The predicted molar refractivity (Wildman–Crippen MR) is 115 cm³/mol. The molecule has 0 radical (unpaired) electrons. The van der Waals surface area contributed by atoms with Crippen LogP contribution in [0.4, 0.5) is 5.69 Å². The monoisotopic (exact) mass is 421 g/mol. The van der Waals surface area contributed by atoms with Gasteiger partial charge < -0.3 is 9.64 Å². The van der Waals surface area contributed by atoms with Crippen molar-refractivity contribution < 1.29 is 14.3 Å². The van der Waals surface area contributed by atoms with Crippen molar-refractivity contribution >= 4 is 40.1 Å². The van der Waals surface area contributed by atoms with Gasteiger partial charge in [-0.1, -0.05) is 35.9 Å². The number of pyridine rings is 1. The van der Waals surface area contributed by atoms with Gasteiger partial charge in [-0.05, 0) is 42.3 Å². The first-order valence-corrected chi connectivity index (χ1v) is 9.79. The van der Waals surface area contributed by atoms with Crippen molar-refractivity contribution in [3.63, 3.8) is 0 Å². The smallest absolute Gasteiger partial charge is 0.310 e. The summed E-state index contributed by atoms with van der Waals surface area (Å²) in [6, 6.07) is 16.5. The van der Waals surface area contributed by atoms with Gasteiger partial charge in [-0.25, -0.2) is 0 Å². The summed E-state index contributed by atoms with van der Waals surface area (Å²) in [5.74, 6) is -0.926. The van der Waals surface area contributed by atoms with Crippen molar-refractivity contribution in [3.8, 4) is 6.07 Å². The first-order valence-electron chi connectivity index (χ1n) is 9.41. The van der Waals surface area contributed by atoms with E-state index in [-0.39, 0.29) is 19.4 Å². The van der Waals surface area contributed by atoms with Gasteiger partial charge in [0.05, 0.1) is 24.4 Å². The molecular weight excluding hydrogens is 402 g/mol.